The second-order valence-corrected chi connectivity index (χ2v) is 5.84. The van der Waals surface area contributed by atoms with Crippen LogP contribution in [-0.4, -0.2) is 46.4 Å². The molecule has 0 aromatic rings. The Morgan fingerprint density at radius 1 is 1.59 bits per heavy atom. The number of rotatable bonds is 2. The largest absolute Gasteiger partial charge is 0.444 e. The summed E-state index contributed by atoms with van der Waals surface area (Å²) in [5.74, 6) is 0. The van der Waals surface area contributed by atoms with Crippen molar-refractivity contribution < 1.29 is 14.6 Å². The summed E-state index contributed by atoms with van der Waals surface area (Å²) in [7, 11) is 0. The Labute approximate surface area is 103 Å². The number of carbonyl (C=O) groups is 1. The molecule has 0 aromatic heterocycles. The van der Waals surface area contributed by atoms with Gasteiger partial charge in [0.2, 0.25) is 0 Å². The van der Waals surface area contributed by atoms with Crippen molar-refractivity contribution in [3.05, 3.63) is 0 Å². The fourth-order valence-electron chi connectivity index (χ4n) is 2.20. The molecular formula is C12H24N2O3. The van der Waals surface area contributed by atoms with E-state index in [0.717, 1.165) is 12.8 Å². The molecule has 17 heavy (non-hydrogen) atoms. The highest BCUT2D eigenvalue weighted by Crippen LogP contribution is 2.33. The summed E-state index contributed by atoms with van der Waals surface area (Å²) in [6, 6.07) is 0. The number of carbonyl (C=O) groups excluding carboxylic acids is 1. The lowest BCUT2D eigenvalue weighted by Crippen LogP contribution is -2.56. The molecule has 1 fully saturated rings. The summed E-state index contributed by atoms with van der Waals surface area (Å²) in [4.78, 5) is 13.7. The SMILES string of the molecule is CC(C)(C)OC(=O)N1CCCC1(C)C(O)CN. The molecule has 0 aliphatic carbocycles. The Morgan fingerprint density at radius 3 is 2.65 bits per heavy atom. The van der Waals surface area contributed by atoms with Crippen molar-refractivity contribution in [2.75, 3.05) is 13.1 Å². The van der Waals surface area contributed by atoms with E-state index in [0.29, 0.717) is 6.54 Å². The Morgan fingerprint density at radius 2 is 2.18 bits per heavy atom. The molecular weight excluding hydrogens is 220 g/mol. The van der Waals surface area contributed by atoms with E-state index in [1.807, 2.05) is 27.7 Å². The molecule has 2 unspecified atom stereocenters. The topological polar surface area (TPSA) is 75.8 Å². The zero-order valence-corrected chi connectivity index (χ0v) is 11.2. The average molecular weight is 244 g/mol. The molecule has 1 heterocycles. The first-order valence-corrected chi connectivity index (χ1v) is 6.09. The van der Waals surface area contributed by atoms with Gasteiger partial charge in [-0.1, -0.05) is 0 Å². The van der Waals surface area contributed by atoms with Crippen LogP contribution in [0.3, 0.4) is 0 Å². The molecule has 3 N–H and O–H groups in total. The molecule has 0 aromatic carbocycles. The van der Waals surface area contributed by atoms with Gasteiger partial charge in [-0.2, -0.15) is 0 Å². The fraction of sp³-hybridized carbons (Fsp3) is 0.917. The van der Waals surface area contributed by atoms with Gasteiger partial charge in [0.25, 0.3) is 0 Å². The molecule has 5 heteroatoms. The second-order valence-electron chi connectivity index (χ2n) is 5.84. The van der Waals surface area contributed by atoms with Gasteiger partial charge in [0, 0.05) is 13.1 Å². The number of likely N-dealkylation sites (tertiary alicyclic amines) is 1. The highest BCUT2D eigenvalue weighted by molar-refractivity contribution is 5.69. The van der Waals surface area contributed by atoms with Gasteiger partial charge in [0.1, 0.15) is 5.60 Å². The number of ether oxygens (including phenoxy) is 1. The highest BCUT2D eigenvalue weighted by Gasteiger charge is 2.45. The molecule has 0 spiro atoms. The van der Waals surface area contributed by atoms with E-state index in [9.17, 15) is 9.90 Å². The lowest BCUT2D eigenvalue weighted by atomic mass is 9.92. The number of amides is 1. The maximum Gasteiger partial charge on any atom is 0.410 e. The van der Waals surface area contributed by atoms with Crippen LogP contribution >= 0.6 is 0 Å². The van der Waals surface area contributed by atoms with Crippen LogP contribution in [0.5, 0.6) is 0 Å². The van der Waals surface area contributed by atoms with Crippen LogP contribution < -0.4 is 5.73 Å². The standard InChI is InChI=1S/C12H24N2O3/c1-11(2,3)17-10(16)14-7-5-6-12(14,4)9(15)8-13/h9,15H,5-8,13H2,1-4H3. The third-order valence-corrected chi connectivity index (χ3v) is 3.24. The molecule has 0 saturated carbocycles. The molecule has 2 atom stereocenters. The quantitative estimate of drug-likeness (QED) is 0.762. The van der Waals surface area contributed by atoms with Crippen LogP contribution in [0.25, 0.3) is 0 Å². The third-order valence-electron chi connectivity index (χ3n) is 3.24. The minimum atomic E-state index is -0.711. The van der Waals surface area contributed by atoms with Crippen LogP contribution in [0.2, 0.25) is 0 Å². The molecule has 5 nitrogen and oxygen atoms in total. The van der Waals surface area contributed by atoms with Gasteiger partial charge in [-0.3, -0.25) is 0 Å². The van der Waals surface area contributed by atoms with E-state index in [1.54, 1.807) is 4.90 Å². The van der Waals surface area contributed by atoms with Crippen molar-refractivity contribution >= 4 is 6.09 Å². The van der Waals surface area contributed by atoms with E-state index >= 15 is 0 Å². The number of aliphatic hydroxyl groups is 1. The van der Waals surface area contributed by atoms with E-state index in [-0.39, 0.29) is 12.6 Å². The number of nitrogens with zero attached hydrogens (tertiary/aromatic N) is 1. The maximum absolute atomic E-state index is 12.0. The summed E-state index contributed by atoms with van der Waals surface area (Å²) >= 11 is 0. The van der Waals surface area contributed by atoms with Crippen molar-refractivity contribution in [3.8, 4) is 0 Å². The number of hydrogen-bond acceptors (Lipinski definition) is 4. The van der Waals surface area contributed by atoms with Crippen LogP contribution in [-0.2, 0) is 4.74 Å². The molecule has 0 radical (unpaired) electrons. The van der Waals surface area contributed by atoms with Crippen LogP contribution in [0.1, 0.15) is 40.5 Å². The molecule has 1 amide bonds. The summed E-state index contributed by atoms with van der Waals surface area (Å²) in [6.45, 7) is 8.12. The Hall–Kier alpha value is -0.810. The van der Waals surface area contributed by atoms with Crippen LogP contribution in [0, 0.1) is 0 Å². The van der Waals surface area contributed by atoms with Crippen LogP contribution in [0.4, 0.5) is 4.79 Å². The Kier molecular flexibility index (Phi) is 4.04. The summed E-state index contributed by atoms with van der Waals surface area (Å²) in [5, 5.41) is 9.96. The van der Waals surface area contributed by atoms with E-state index in [4.69, 9.17) is 10.5 Å². The van der Waals surface area contributed by atoms with Crippen molar-refractivity contribution in [3.63, 3.8) is 0 Å². The van der Waals surface area contributed by atoms with Crippen LogP contribution in [0.15, 0.2) is 0 Å². The molecule has 100 valence electrons. The number of aliphatic hydroxyl groups excluding tert-OH is 1. The van der Waals surface area contributed by atoms with E-state index < -0.39 is 17.2 Å². The zero-order chi connectivity index (χ0) is 13.3. The second kappa shape index (κ2) is 4.82. The molecule has 1 saturated heterocycles. The van der Waals surface area contributed by atoms with Crippen molar-refractivity contribution in [1.29, 1.82) is 0 Å². The lowest BCUT2D eigenvalue weighted by Gasteiger charge is -2.39. The maximum atomic E-state index is 12.0. The summed E-state index contributed by atoms with van der Waals surface area (Å²) in [6.07, 6.45) is 0.541. The van der Waals surface area contributed by atoms with Gasteiger partial charge < -0.3 is 20.5 Å². The van der Waals surface area contributed by atoms with Crippen molar-refractivity contribution in [1.82, 2.24) is 4.90 Å². The van der Waals surface area contributed by atoms with E-state index in [1.165, 1.54) is 0 Å². The predicted molar refractivity (Wildman–Crippen MR) is 65.6 cm³/mol. The molecule has 1 rings (SSSR count). The normalized spacial score (nSPS) is 27.1. The van der Waals surface area contributed by atoms with Gasteiger partial charge in [0.15, 0.2) is 0 Å². The zero-order valence-electron chi connectivity index (χ0n) is 11.2. The monoisotopic (exact) mass is 244 g/mol. The predicted octanol–water partition coefficient (Wildman–Crippen LogP) is 1.10. The lowest BCUT2D eigenvalue weighted by molar-refractivity contribution is -0.0228. The average Bonchev–Trinajstić information content (AvgIpc) is 2.58. The minimum Gasteiger partial charge on any atom is -0.444 e. The smallest absolute Gasteiger partial charge is 0.410 e. The number of nitrogens with two attached hydrogens (primary N) is 1. The van der Waals surface area contributed by atoms with Gasteiger partial charge >= 0.3 is 6.09 Å². The van der Waals surface area contributed by atoms with Gasteiger partial charge in [0.05, 0.1) is 11.6 Å². The van der Waals surface area contributed by atoms with Crippen molar-refractivity contribution in [2.45, 2.75) is 57.8 Å². The molecule has 1 aliphatic heterocycles. The minimum absolute atomic E-state index is 0.149. The van der Waals surface area contributed by atoms with Gasteiger partial charge in [-0.25, -0.2) is 4.79 Å². The van der Waals surface area contributed by atoms with E-state index in [2.05, 4.69) is 0 Å². The fourth-order valence-corrected chi connectivity index (χ4v) is 2.20. The number of hydrogen-bond donors (Lipinski definition) is 2. The first kappa shape index (κ1) is 14.3. The van der Waals surface area contributed by atoms with Crippen molar-refractivity contribution in [2.24, 2.45) is 5.73 Å². The summed E-state index contributed by atoms with van der Waals surface area (Å²) < 4.78 is 5.35. The van der Waals surface area contributed by atoms with Gasteiger partial charge in [-0.05, 0) is 40.5 Å². The first-order valence-electron chi connectivity index (χ1n) is 6.09. The molecule has 0 bridgehead atoms. The Balaban J connectivity index is 2.79. The summed E-state index contributed by atoms with van der Waals surface area (Å²) in [5.41, 5.74) is 4.38. The Bertz CT molecular complexity index is 288. The highest BCUT2D eigenvalue weighted by atomic mass is 16.6. The first-order chi connectivity index (χ1) is 7.70. The van der Waals surface area contributed by atoms with Gasteiger partial charge in [-0.15, -0.1) is 0 Å². The molecule has 1 aliphatic rings. The third kappa shape index (κ3) is 3.10.